The molecule has 0 atom stereocenters. The highest BCUT2D eigenvalue weighted by atomic mass is 32.2. The molecule has 6 rings (SSSR count). The van der Waals surface area contributed by atoms with Crippen LogP contribution in [-0.4, -0.2) is 70.1 Å². The first-order valence-corrected chi connectivity index (χ1v) is 17.7. The van der Waals surface area contributed by atoms with Gasteiger partial charge in [-0.25, -0.2) is 8.42 Å². The number of fused-ring (bicyclic) bond motifs is 2. The van der Waals surface area contributed by atoms with Crippen LogP contribution in [0.4, 0.5) is 32.0 Å². The number of alkyl halides is 6. The zero-order chi connectivity index (χ0) is 39.4. The predicted molar refractivity (Wildman–Crippen MR) is 179 cm³/mol. The normalized spacial score (nSPS) is 15.2. The number of nitrogens with zero attached hydrogens (tertiary/aromatic N) is 2. The van der Waals surface area contributed by atoms with Crippen molar-refractivity contribution in [3.63, 3.8) is 0 Å². The molecule has 4 aromatic rings. The zero-order valence-corrected chi connectivity index (χ0v) is 29.5. The number of amides is 2. The van der Waals surface area contributed by atoms with Crippen molar-refractivity contribution < 1.29 is 68.4 Å². The lowest BCUT2D eigenvalue weighted by Crippen LogP contribution is -2.39. The Labute approximate surface area is 303 Å². The van der Waals surface area contributed by atoms with Crippen LogP contribution in [0.3, 0.4) is 0 Å². The van der Waals surface area contributed by atoms with E-state index in [4.69, 9.17) is 18.9 Å². The molecule has 1 aliphatic carbocycles. The number of hydrogen-bond donors (Lipinski definition) is 2. The quantitative estimate of drug-likeness (QED) is 0.164. The standard InChI is InChI=1S/C35H31F6N3O9S/c1-18-13-19(15-54(48,49)43-32(47)33(10-11-33)26-24(50-2)9-8-23(45)30(26)51-3)6-7-22(18)44-14-21-25(31(44)46)28(52-16-34(36,37)38)20-5-4-12-42-27(20)29(21)53-17-35(39,40)41/h4-9,12-13,45H,10-11,14-17H2,1-3H3,(H,43,47). The SMILES string of the molecule is COc1ccc(O)c(OC)c1C1(C(=O)NS(=O)(=O)Cc2ccc(N3Cc4c(c(OCC(F)(F)F)c5cccnc5c4OCC(F)(F)F)C3=O)c(C)c2)CC1. The Morgan fingerprint density at radius 3 is 2.22 bits per heavy atom. The van der Waals surface area contributed by atoms with Gasteiger partial charge < -0.3 is 29.0 Å². The van der Waals surface area contributed by atoms with Gasteiger partial charge in [-0.3, -0.25) is 19.3 Å². The lowest BCUT2D eigenvalue weighted by Gasteiger charge is -2.22. The maximum absolute atomic E-state index is 13.9. The molecule has 12 nitrogen and oxygen atoms in total. The van der Waals surface area contributed by atoms with E-state index in [1.165, 1.54) is 69.8 Å². The van der Waals surface area contributed by atoms with Crippen molar-refractivity contribution in [1.82, 2.24) is 9.71 Å². The fourth-order valence-electron chi connectivity index (χ4n) is 6.55. The van der Waals surface area contributed by atoms with Crippen LogP contribution in [0.5, 0.6) is 28.7 Å². The summed E-state index contributed by atoms with van der Waals surface area (Å²) in [4.78, 5) is 32.6. The van der Waals surface area contributed by atoms with Crippen molar-refractivity contribution in [3.05, 3.63) is 76.5 Å². The number of sulfonamides is 1. The van der Waals surface area contributed by atoms with Gasteiger partial charge in [0, 0.05) is 22.8 Å². The third kappa shape index (κ3) is 7.36. The van der Waals surface area contributed by atoms with Crippen molar-refractivity contribution >= 4 is 38.4 Å². The Balaban J connectivity index is 1.29. The van der Waals surface area contributed by atoms with E-state index in [1.807, 2.05) is 0 Å². The molecule has 1 aliphatic heterocycles. The lowest BCUT2D eigenvalue weighted by atomic mass is 9.92. The lowest BCUT2D eigenvalue weighted by molar-refractivity contribution is -0.154. The number of pyridine rings is 1. The number of halogens is 6. The molecule has 0 spiro atoms. The largest absolute Gasteiger partial charge is 0.504 e. The minimum atomic E-state index is -4.83. The number of benzene rings is 3. The van der Waals surface area contributed by atoms with Crippen molar-refractivity contribution in [3.8, 4) is 28.7 Å². The van der Waals surface area contributed by atoms with Gasteiger partial charge in [-0.15, -0.1) is 0 Å². The van der Waals surface area contributed by atoms with Crippen LogP contribution in [0.2, 0.25) is 0 Å². The van der Waals surface area contributed by atoms with Crippen LogP contribution in [0, 0.1) is 6.92 Å². The van der Waals surface area contributed by atoms with E-state index in [0.717, 1.165) is 4.90 Å². The molecule has 2 amide bonds. The summed E-state index contributed by atoms with van der Waals surface area (Å²) in [6, 6.07) is 9.40. The monoisotopic (exact) mass is 783 g/mol. The molecule has 2 heterocycles. The van der Waals surface area contributed by atoms with E-state index in [9.17, 15) is 49.5 Å². The first-order chi connectivity index (χ1) is 25.3. The number of aromatic hydroxyl groups is 1. The number of aromatic nitrogens is 1. The highest BCUT2D eigenvalue weighted by Gasteiger charge is 2.56. The zero-order valence-electron chi connectivity index (χ0n) is 28.6. The fraction of sp³-hybridized carbons (Fsp3) is 0.343. The van der Waals surface area contributed by atoms with Crippen molar-refractivity contribution in [2.24, 2.45) is 0 Å². The number of aryl methyl sites for hydroxylation is 1. The van der Waals surface area contributed by atoms with Gasteiger partial charge in [-0.1, -0.05) is 12.1 Å². The molecule has 2 aliphatic rings. The number of rotatable bonds is 12. The molecule has 1 aromatic heterocycles. The number of ether oxygens (including phenoxy) is 4. The number of methoxy groups -OCH3 is 2. The summed E-state index contributed by atoms with van der Waals surface area (Å²) in [5, 5.41) is 10.2. The average Bonchev–Trinajstić information content (AvgIpc) is 3.83. The summed E-state index contributed by atoms with van der Waals surface area (Å²) >= 11 is 0. The fourth-order valence-corrected chi connectivity index (χ4v) is 7.72. The summed E-state index contributed by atoms with van der Waals surface area (Å²) in [5.41, 5.74) is -1.41. The van der Waals surface area contributed by atoms with Gasteiger partial charge in [0.25, 0.3) is 5.91 Å². The molecule has 3 aromatic carbocycles. The number of anilines is 1. The van der Waals surface area contributed by atoms with Gasteiger partial charge in [0.1, 0.15) is 17.0 Å². The van der Waals surface area contributed by atoms with E-state index in [1.54, 1.807) is 0 Å². The highest BCUT2D eigenvalue weighted by molar-refractivity contribution is 7.89. The molecule has 2 N–H and O–H groups in total. The van der Waals surface area contributed by atoms with Gasteiger partial charge >= 0.3 is 12.4 Å². The number of phenolic OH excluding ortho intramolecular Hbond substituents is 1. The maximum Gasteiger partial charge on any atom is 0.422 e. The van der Waals surface area contributed by atoms with E-state index in [0.29, 0.717) is 5.56 Å². The predicted octanol–water partition coefficient (Wildman–Crippen LogP) is 5.99. The van der Waals surface area contributed by atoms with Crippen molar-refractivity contribution in [2.45, 2.75) is 49.8 Å². The molecule has 0 radical (unpaired) electrons. The molecule has 19 heteroatoms. The van der Waals surface area contributed by atoms with Crippen LogP contribution in [0.25, 0.3) is 10.9 Å². The average molecular weight is 784 g/mol. The molecular weight excluding hydrogens is 752 g/mol. The molecular formula is C35H31F6N3O9S. The Morgan fingerprint density at radius 2 is 1.63 bits per heavy atom. The maximum atomic E-state index is 13.9. The molecule has 1 saturated carbocycles. The summed E-state index contributed by atoms with van der Waals surface area (Å²) < 4.78 is 129. The summed E-state index contributed by atoms with van der Waals surface area (Å²) in [7, 11) is -1.73. The third-order valence-corrected chi connectivity index (χ3v) is 10.2. The van der Waals surface area contributed by atoms with E-state index < -0.39 is 82.2 Å². The molecule has 0 saturated heterocycles. The smallest absolute Gasteiger partial charge is 0.422 e. The second-order valence-electron chi connectivity index (χ2n) is 12.7. The van der Waals surface area contributed by atoms with E-state index in [2.05, 4.69) is 9.71 Å². The van der Waals surface area contributed by atoms with Gasteiger partial charge in [0.05, 0.1) is 43.1 Å². The first-order valence-electron chi connectivity index (χ1n) is 16.0. The Morgan fingerprint density at radius 1 is 0.963 bits per heavy atom. The number of phenols is 1. The minimum absolute atomic E-state index is 0.0355. The van der Waals surface area contributed by atoms with E-state index >= 15 is 0 Å². The molecule has 0 unspecified atom stereocenters. The van der Waals surface area contributed by atoms with Gasteiger partial charge in [-0.05, 0) is 61.2 Å². The number of carbonyl (C=O) groups is 2. The molecule has 54 heavy (non-hydrogen) atoms. The van der Waals surface area contributed by atoms with Crippen LogP contribution >= 0.6 is 0 Å². The Bertz CT molecular complexity index is 2280. The summed E-state index contributed by atoms with van der Waals surface area (Å²) in [6.07, 6.45) is -7.97. The number of hydrogen-bond acceptors (Lipinski definition) is 10. The summed E-state index contributed by atoms with van der Waals surface area (Å²) in [5.74, 6) is -3.57. The highest BCUT2D eigenvalue weighted by Crippen LogP contribution is 2.57. The second kappa shape index (κ2) is 13.7. The number of carbonyl (C=O) groups excluding carboxylic acids is 2. The first kappa shape index (κ1) is 38.3. The van der Waals surface area contributed by atoms with Crippen molar-refractivity contribution in [1.29, 1.82) is 0 Å². The molecule has 1 fully saturated rings. The van der Waals surface area contributed by atoms with Gasteiger partial charge in [0.15, 0.2) is 30.5 Å². The number of nitrogens with one attached hydrogen (secondary N) is 1. The third-order valence-electron chi connectivity index (χ3n) is 8.95. The van der Waals surface area contributed by atoms with Gasteiger partial charge in [0.2, 0.25) is 15.9 Å². The van der Waals surface area contributed by atoms with Crippen LogP contribution in [0.1, 0.15) is 45.5 Å². The molecule has 288 valence electrons. The topological polar surface area (TPSA) is 154 Å². The minimum Gasteiger partial charge on any atom is -0.504 e. The van der Waals surface area contributed by atoms with E-state index in [-0.39, 0.29) is 63.4 Å². The van der Waals surface area contributed by atoms with Crippen LogP contribution in [0.15, 0.2) is 48.7 Å². The summed E-state index contributed by atoms with van der Waals surface area (Å²) in [6.45, 7) is -2.53. The Kier molecular flexibility index (Phi) is 9.74. The van der Waals surface area contributed by atoms with Gasteiger partial charge in [-0.2, -0.15) is 26.3 Å². The Hall–Kier alpha value is -5.46. The van der Waals surface area contributed by atoms with Crippen molar-refractivity contribution in [2.75, 3.05) is 32.3 Å². The van der Waals surface area contributed by atoms with Crippen LogP contribution in [-0.2, 0) is 32.5 Å². The second-order valence-corrected chi connectivity index (χ2v) is 14.4. The van der Waals surface area contributed by atoms with Crippen LogP contribution < -0.4 is 28.6 Å². The molecule has 0 bridgehead atoms.